The Balaban J connectivity index is 2.30. The van der Waals surface area contributed by atoms with E-state index in [2.05, 4.69) is 29.8 Å². The van der Waals surface area contributed by atoms with Gasteiger partial charge in [-0.3, -0.25) is 0 Å². The summed E-state index contributed by atoms with van der Waals surface area (Å²) in [7, 11) is 0. The van der Waals surface area contributed by atoms with Crippen molar-refractivity contribution in [2.45, 2.75) is 25.7 Å². The molecule has 2 rings (SSSR count). The van der Waals surface area contributed by atoms with E-state index < -0.39 is 0 Å². The summed E-state index contributed by atoms with van der Waals surface area (Å²) in [5.74, 6) is 12.5. The molecule has 0 spiro atoms. The van der Waals surface area contributed by atoms with Crippen molar-refractivity contribution in [2.75, 3.05) is 0 Å². The van der Waals surface area contributed by atoms with Gasteiger partial charge in [-0.05, 0) is 25.0 Å². The molecule has 0 heterocycles. The predicted molar refractivity (Wildman–Crippen MR) is 59.3 cm³/mol. The zero-order valence-electron chi connectivity index (χ0n) is 8.14. The molecule has 14 heavy (non-hydrogen) atoms. The van der Waals surface area contributed by atoms with Gasteiger partial charge in [0.15, 0.2) is 0 Å². The van der Waals surface area contributed by atoms with Gasteiger partial charge < -0.3 is 0 Å². The van der Waals surface area contributed by atoms with Gasteiger partial charge in [-0.15, -0.1) is 0 Å². The predicted octanol–water partition coefficient (Wildman–Crippen LogP) is 2.99. The molecule has 0 aromatic heterocycles. The maximum atomic E-state index is 3.20. The van der Waals surface area contributed by atoms with E-state index in [9.17, 15) is 0 Å². The first-order valence-electron chi connectivity index (χ1n) is 4.99. The first-order chi connectivity index (χ1) is 6.97. The summed E-state index contributed by atoms with van der Waals surface area (Å²) in [6, 6.07) is 0. The molecular weight excluding hydrogens is 168 g/mol. The Morgan fingerprint density at radius 1 is 1.00 bits per heavy atom. The third-order valence-corrected chi connectivity index (χ3v) is 2.36. The fraction of sp³-hybridized carbons (Fsp3) is 0.286. The molecule has 0 aliphatic heterocycles. The summed E-state index contributed by atoms with van der Waals surface area (Å²) < 4.78 is 0. The molecule has 0 unspecified atom stereocenters. The highest BCUT2D eigenvalue weighted by atomic mass is 14.1. The fourth-order valence-electron chi connectivity index (χ4n) is 1.61. The number of hydrogen-bond acceptors (Lipinski definition) is 0. The van der Waals surface area contributed by atoms with E-state index in [1.165, 1.54) is 11.1 Å². The van der Waals surface area contributed by atoms with E-state index in [-0.39, 0.29) is 0 Å². The van der Waals surface area contributed by atoms with Crippen molar-refractivity contribution in [3.8, 4) is 23.7 Å². The van der Waals surface area contributed by atoms with Crippen LogP contribution in [0.15, 0.2) is 35.5 Å². The minimum Gasteiger partial charge on any atom is -0.0982 e. The van der Waals surface area contributed by atoms with Gasteiger partial charge in [-0.25, -0.2) is 0 Å². The van der Waals surface area contributed by atoms with Crippen LogP contribution in [0, 0.1) is 23.7 Å². The zero-order valence-corrected chi connectivity index (χ0v) is 8.14. The minimum absolute atomic E-state index is 0.957. The van der Waals surface area contributed by atoms with Crippen LogP contribution in [0.1, 0.15) is 25.7 Å². The van der Waals surface area contributed by atoms with Gasteiger partial charge in [0, 0.05) is 18.4 Å². The molecular formula is C14H12. The molecule has 0 aromatic carbocycles. The maximum Gasteiger partial charge on any atom is 0.0237 e. The molecule has 0 amide bonds. The summed E-state index contributed by atoms with van der Waals surface area (Å²) >= 11 is 0. The molecule has 0 nitrogen and oxygen atoms in total. The van der Waals surface area contributed by atoms with E-state index >= 15 is 0 Å². The number of hydrogen-bond donors (Lipinski definition) is 0. The molecule has 2 aliphatic carbocycles. The molecule has 0 aromatic rings. The molecule has 0 fully saturated rings. The monoisotopic (exact) mass is 180 g/mol. The van der Waals surface area contributed by atoms with Crippen molar-refractivity contribution in [2.24, 2.45) is 0 Å². The van der Waals surface area contributed by atoms with Crippen molar-refractivity contribution in [3.63, 3.8) is 0 Å². The van der Waals surface area contributed by atoms with E-state index in [4.69, 9.17) is 0 Å². The first-order valence-corrected chi connectivity index (χ1v) is 4.99. The number of rotatable bonds is 0. The lowest BCUT2D eigenvalue weighted by Gasteiger charge is -2.09. The van der Waals surface area contributed by atoms with Crippen molar-refractivity contribution >= 4 is 0 Å². The molecule has 0 saturated heterocycles. The second-order valence-electron chi connectivity index (χ2n) is 3.36. The molecule has 0 N–H and O–H groups in total. The fourth-order valence-corrected chi connectivity index (χ4v) is 1.61. The highest BCUT2D eigenvalue weighted by Crippen LogP contribution is 2.20. The lowest BCUT2D eigenvalue weighted by Crippen LogP contribution is -1.93. The third kappa shape index (κ3) is 2.18. The Hall–Kier alpha value is -1.66. The Kier molecular flexibility index (Phi) is 2.89. The van der Waals surface area contributed by atoms with Crippen LogP contribution in [0.5, 0.6) is 0 Å². The highest BCUT2D eigenvalue weighted by Gasteiger charge is 2.05. The average molecular weight is 180 g/mol. The van der Waals surface area contributed by atoms with Gasteiger partial charge in [0.05, 0.1) is 0 Å². The summed E-state index contributed by atoms with van der Waals surface area (Å²) in [4.78, 5) is 0. The smallest absolute Gasteiger partial charge is 0.0237 e. The van der Waals surface area contributed by atoms with E-state index in [1.54, 1.807) is 0 Å². The van der Waals surface area contributed by atoms with Crippen molar-refractivity contribution in [1.82, 2.24) is 0 Å². The van der Waals surface area contributed by atoms with Crippen LogP contribution in [-0.4, -0.2) is 0 Å². The van der Waals surface area contributed by atoms with E-state index in [1.807, 2.05) is 18.2 Å². The quantitative estimate of drug-likeness (QED) is 0.503. The molecule has 0 heteroatoms. The lowest BCUT2D eigenvalue weighted by molar-refractivity contribution is 0.870. The van der Waals surface area contributed by atoms with Crippen molar-refractivity contribution in [3.05, 3.63) is 35.5 Å². The number of allylic oxidation sites excluding steroid dienone is 6. The highest BCUT2D eigenvalue weighted by molar-refractivity contribution is 5.46. The average Bonchev–Trinajstić information content (AvgIpc) is 2.25. The molecule has 0 saturated carbocycles. The Labute approximate surface area is 85.4 Å². The lowest BCUT2D eigenvalue weighted by atomic mass is 9.95. The topological polar surface area (TPSA) is 0 Å². The summed E-state index contributed by atoms with van der Waals surface area (Å²) in [6.45, 7) is 0. The molecule has 0 bridgehead atoms. The maximum absolute atomic E-state index is 3.20. The standard InChI is InChI=1S/C14H12/c1-2-4-6-10-14-12-8-7-11-13(14)9-5-3-1/h1,3,5,9H,6,8,10,12H2/b3-1+,9-5-. The minimum atomic E-state index is 0.957. The van der Waals surface area contributed by atoms with Crippen LogP contribution in [-0.2, 0) is 0 Å². The third-order valence-electron chi connectivity index (χ3n) is 2.36. The normalized spacial score (nSPS) is 23.4. The molecule has 68 valence electrons. The SMILES string of the molecule is C1#CCCC2=C(C#CCC2)/C=C\C=C\1. The van der Waals surface area contributed by atoms with E-state index in [0.29, 0.717) is 0 Å². The van der Waals surface area contributed by atoms with Crippen LogP contribution >= 0.6 is 0 Å². The summed E-state index contributed by atoms with van der Waals surface area (Å²) in [5, 5.41) is 0. The second-order valence-corrected chi connectivity index (χ2v) is 3.36. The van der Waals surface area contributed by atoms with Crippen LogP contribution in [0.2, 0.25) is 0 Å². The Morgan fingerprint density at radius 3 is 2.79 bits per heavy atom. The Bertz CT molecular complexity index is 422. The summed E-state index contributed by atoms with van der Waals surface area (Å²) in [6.07, 6.45) is 12.2. The zero-order chi connectivity index (χ0) is 9.64. The van der Waals surface area contributed by atoms with Gasteiger partial charge >= 0.3 is 0 Å². The van der Waals surface area contributed by atoms with Gasteiger partial charge in [0.1, 0.15) is 0 Å². The van der Waals surface area contributed by atoms with Gasteiger partial charge in [-0.2, -0.15) is 0 Å². The van der Waals surface area contributed by atoms with E-state index in [0.717, 1.165) is 25.7 Å². The van der Waals surface area contributed by atoms with Gasteiger partial charge in [0.25, 0.3) is 0 Å². The largest absolute Gasteiger partial charge is 0.0982 e. The molecule has 0 atom stereocenters. The van der Waals surface area contributed by atoms with Gasteiger partial charge in [0.2, 0.25) is 0 Å². The molecule has 2 aliphatic rings. The Morgan fingerprint density at radius 2 is 1.86 bits per heavy atom. The first kappa shape index (κ1) is 8.92. The second kappa shape index (κ2) is 4.54. The summed E-state index contributed by atoms with van der Waals surface area (Å²) in [5.41, 5.74) is 2.69. The van der Waals surface area contributed by atoms with Crippen molar-refractivity contribution < 1.29 is 0 Å². The van der Waals surface area contributed by atoms with Crippen LogP contribution < -0.4 is 0 Å². The van der Waals surface area contributed by atoms with Crippen molar-refractivity contribution in [1.29, 1.82) is 0 Å². The van der Waals surface area contributed by atoms with Gasteiger partial charge in [-0.1, -0.05) is 41.4 Å². The molecule has 0 radical (unpaired) electrons. The van der Waals surface area contributed by atoms with Crippen LogP contribution in [0.25, 0.3) is 0 Å². The van der Waals surface area contributed by atoms with Crippen LogP contribution in [0.3, 0.4) is 0 Å². The van der Waals surface area contributed by atoms with Crippen LogP contribution in [0.4, 0.5) is 0 Å².